The molecule has 2 aliphatic heterocycles. The Labute approximate surface area is 204 Å². The maximum Gasteiger partial charge on any atom is 0.226 e. The minimum Gasteiger partial charge on any atom is -0.340 e. The third kappa shape index (κ3) is 5.13. The molecule has 0 N–H and O–H groups in total. The van der Waals surface area contributed by atoms with Gasteiger partial charge in [0.2, 0.25) is 5.91 Å². The van der Waals surface area contributed by atoms with Crippen molar-refractivity contribution in [2.24, 2.45) is 11.3 Å². The van der Waals surface area contributed by atoms with E-state index < -0.39 is 0 Å². The highest BCUT2D eigenvalue weighted by Crippen LogP contribution is 2.60. The Morgan fingerprint density at radius 3 is 2.47 bits per heavy atom. The van der Waals surface area contributed by atoms with E-state index in [4.69, 9.17) is 0 Å². The zero-order valence-electron chi connectivity index (χ0n) is 20.8. The summed E-state index contributed by atoms with van der Waals surface area (Å²) >= 11 is 0. The number of piperazine rings is 1. The lowest BCUT2D eigenvalue weighted by molar-refractivity contribution is -0.135. The average Bonchev–Trinajstić information content (AvgIpc) is 3.45. The second kappa shape index (κ2) is 10.0. The van der Waals surface area contributed by atoms with Crippen LogP contribution in [-0.2, 0) is 17.9 Å². The zero-order valence-corrected chi connectivity index (χ0v) is 20.8. The Morgan fingerprint density at radius 2 is 1.79 bits per heavy atom. The van der Waals surface area contributed by atoms with Crippen LogP contribution < -0.4 is 0 Å². The molecule has 1 amide bonds. The molecule has 3 aliphatic rings. The van der Waals surface area contributed by atoms with Gasteiger partial charge in [0.1, 0.15) is 0 Å². The Bertz CT molecular complexity index is 997. The lowest BCUT2D eigenvalue weighted by Gasteiger charge is -2.36. The molecule has 0 radical (unpaired) electrons. The molecule has 2 aromatic rings. The topological polar surface area (TPSA) is 44.6 Å². The van der Waals surface area contributed by atoms with E-state index in [1.807, 2.05) is 10.7 Å². The van der Waals surface area contributed by atoms with Crippen LogP contribution in [0.5, 0.6) is 0 Å². The van der Waals surface area contributed by atoms with E-state index in [0.717, 1.165) is 83.9 Å². The number of piperidine rings is 1. The third-order valence-electron chi connectivity index (χ3n) is 8.26. The highest BCUT2D eigenvalue weighted by Gasteiger charge is 2.59. The number of amides is 1. The minimum atomic E-state index is 0.267. The summed E-state index contributed by atoms with van der Waals surface area (Å²) in [5.74, 6) is 0.691. The predicted molar refractivity (Wildman–Crippen MR) is 136 cm³/mol. The van der Waals surface area contributed by atoms with Crippen molar-refractivity contribution in [2.75, 3.05) is 45.8 Å². The third-order valence-corrected chi connectivity index (χ3v) is 8.26. The van der Waals surface area contributed by atoms with Crippen molar-refractivity contribution in [2.45, 2.75) is 46.2 Å². The van der Waals surface area contributed by atoms with E-state index in [2.05, 4.69) is 76.3 Å². The quantitative estimate of drug-likeness (QED) is 0.631. The summed E-state index contributed by atoms with van der Waals surface area (Å²) < 4.78 is 2.03. The van der Waals surface area contributed by atoms with E-state index >= 15 is 0 Å². The van der Waals surface area contributed by atoms with Gasteiger partial charge in [-0.25, -0.2) is 0 Å². The van der Waals surface area contributed by atoms with Gasteiger partial charge in [0.05, 0.1) is 5.69 Å². The van der Waals surface area contributed by atoms with Crippen molar-refractivity contribution in [1.82, 2.24) is 24.5 Å². The van der Waals surface area contributed by atoms with Gasteiger partial charge in [0.15, 0.2) is 0 Å². The predicted octanol–water partition coefficient (Wildman–Crippen LogP) is 3.67. The first-order valence-corrected chi connectivity index (χ1v) is 13.0. The normalized spacial score (nSPS) is 23.1. The lowest BCUT2D eigenvalue weighted by Crippen LogP contribution is -2.49. The maximum atomic E-state index is 13.3. The largest absolute Gasteiger partial charge is 0.340 e. The second-order valence-corrected chi connectivity index (χ2v) is 10.4. The van der Waals surface area contributed by atoms with Crippen LogP contribution in [0.25, 0.3) is 6.08 Å². The Balaban J connectivity index is 1.05. The molecule has 1 atom stereocenters. The molecule has 1 aromatic heterocycles. The minimum absolute atomic E-state index is 0.267. The fraction of sp³-hybridized carbons (Fsp3) is 0.571. The molecule has 1 aliphatic carbocycles. The van der Waals surface area contributed by atoms with Gasteiger partial charge in [-0.05, 0) is 57.2 Å². The highest BCUT2D eigenvalue weighted by molar-refractivity contribution is 5.83. The smallest absolute Gasteiger partial charge is 0.226 e. The molecule has 182 valence electrons. The summed E-state index contributed by atoms with van der Waals surface area (Å²) in [7, 11) is 0. The number of aromatic nitrogens is 2. The molecule has 3 fully saturated rings. The molecular formula is C28H39N5O. The first-order valence-electron chi connectivity index (χ1n) is 13.0. The van der Waals surface area contributed by atoms with Crippen LogP contribution in [0.15, 0.2) is 42.6 Å². The van der Waals surface area contributed by atoms with Gasteiger partial charge in [-0.15, -0.1) is 0 Å². The van der Waals surface area contributed by atoms with E-state index in [1.165, 1.54) is 11.1 Å². The van der Waals surface area contributed by atoms with Crippen molar-refractivity contribution in [3.8, 4) is 0 Å². The Kier molecular flexibility index (Phi) is 6.89. The molecule has 6 heteroatoms. The zero-order chi connectivity index (χ0) is 23.5. The summed E-state index contributed by atoms with van der Waals surface area (Å²) in [4.78, 5) is 20.4. The number of carbonyl (C=O) groups excluding carboxylic acids is 1. The number of hydrogen-bond donors (Lipinski definition) is 0. The Morgan fingerprint density at radius 1 is 1.06 bits per heavy atom. The van der Waals surface area contributed by atoms with Crippen LogP contribution in [0.4, 0.5) is 0 Å². The van der Waals surface area contributed by atoms with Gasteiger partial charge in [-0.1, -0.05) is 42.5 Å². The van der Waals surface area contributed by atoms with Crippen molar-refractivity contribution in [3.63, 3.8) is 0 Å². The van der Waals surface area contributed by atoms with Crippen molar-refractivity contribution in [3.05, 3.63) is 59.4 Å². The average molecular weight is 462 g/mol. The Hall–Kier alpha value is -2.44. The summed E-state index contributed by atoms with van der Waals surface area (Å²) in [6.45, 7) is 13.0. The van der Waals surface area contributed by atoms with E-state index in [-0.39, 0.29) is 11.3 Å². The SMILES string of the molecule is CCn1cc(CN2CCC3(CC2)CC3C(=O)N2CCN(C/C=C/c3ccccc3)CC2)c(C)n1. The lowest BCUT2D eigenvalue weighted by atomic mass is 9.90. The molecule has 1 saturated carbocycles. The molecule has 6 nitrogen and oxygen atoms in total. The first-order chi connectivity index (χ1) is 16.6. The van der Waals surface area contributed by atoms with Gasteiger partial charge in [0.25, 0.3) is 0 Å². The molecule has 1 unspecified atom stereocenters. The van der Waals surface area contributed by atoms with Gasteiger partial charge in [-0.2, -0.15) is 5.10 Å². The summed E-state index contributed by atoms with van der Waals surface area (Å²) in [5.41, 5.74) is 4.02. The number of aryl methyl sites for hydroxylation is 2. The standard InChI is InChI=1S/C28H39N5O/c1-3-33-22-25(23(2)29-33)21-31-14-11-28(12-15-31)20-26(28)27(34)32-18-16-30(17-19-32)13-7-10-24-8-5-4-6-9-24/h4-10,22,26H,3,11-21H2,1-2H3/b10-7+. The maximum absolute atomic E-state index is 13.3. The summed E-state index contributed by atoms with van der Waals surface area (Å²) in [5, 5.41) is 4.59. The number of benzene rings is 1. The summed E-state index contributed by atoms with van der Waals surface area (Å²) in [6, 6.07) is 10.4. The number of carbonyl (C=O) groups is 1. The first kappa shape index (κ1) is 23.3. The van der Waals surface area contributed by atoms with E-state index in [0.29, 0.717) is 5.91 Å². The van der Waals surface area contributed by atoms with Crippen molar-refractivity contribution < 1.29 is 4.79 Å². The molecule has 2 saturated heterocycles. The van der Waals surface area contributed by atoms with Crippen LogP contribution in [0, 0.1) is 18.3 Å². The van der Waals surface area contributed by atoms with Crippen LogP contribution in [0.3, 0.4) is 0 Å². The van der Waals surface area contributed by atoms with Crippen LogP contribution in [-0.4, -0.2) is 76.2 Å². The van der Waals surface area contributed by atoms with Gasteiger partial charge < -0.3 is 4.90 Å². The number of nitrogens with zero attached hydrogens (tertiary/aromatic N) is 5. The fourth-order valence-corrected chi connectivity index (χ4v) is 5.80. The summed E-state index contributed by atoms with van der Waals surface area (Å²) in [6.07, 6.45) is 10.1. The van der Waals surface area contributed by atoms with Crippen molar-refractivity contribution >= 4 is 12.0 Å². The highest BCUT2D eigenvalue weighted by atomic mass is 16.2. The fourth-order valence-electron chi connectivity index (χ4n) is 5.80. The number of rotatable bonds is 7. The molecular weight excluding hydrogens is 422 g/mol. The molecule has 0 bridgehead atoms. The van der Waals surface area contributed by atoms with Crippen LogP contribution in [0.1, 0.15) is 43.0 Å². The molecule has 5 rings (SSSR count). The van der Waals surface area contributed by atoms with Crippen LogP contribution in [0.2, 0.25) is 0 Å². The van der Waals surface area contributed by atoms with E-state index in [1.54, 1.807) is 0 Å². The van der Waals surface area contributed by atoms with Gasteiger partial charge in [-0.3, -0.25) is 19.3 Å². The van der Waals surface area contributed by atoms with Gasteiger partial charge in [0, 0.05) is 63.5 Å². The number of hydrogen-bond acceptors (Lipinski definition) is 4. The number of likely N-dealkylation sites (tertiary alicyclic amines) is 1. The van der Waals surface area contributed by atoms with Gasteiger partial charge >= 0.3 is 0 Å². The molecule has 1 spiro atoms. The second-order valence-electron chi connectivity index (χ2n) is 10.4. The molecule has 34 heavy (non-hydrogen) atoms. The monoisotopic (exact) mass is 461 g/mol. The van der Waals surface area contributed by atoms with Crippen molar-refractivity contribution in [1.29, 1.82) is 0 Å². The molecule has 3 heterocycles. The molecule has 1 aromatic carbocycles. The van der Waals surface area contributed by atoms with Crippen LogP contribution >= 0.6 is 0 Å². The van der Waals surface area contributed by atoms with E-state index in [9.17, 15) is 4.79 Å².